The lowest BCUT2D eigenvalue weighted by molar-refractivity contribution is -0.137. The van der Waals surface area contributed by atoms with Crippen LogP contribution >= 0.6 is 0 Å². The van der Waals surface area contributed by atoms with Crippen LogP contribution in [0.15, 0.2) is 55.0 Å². The summed E-state index contributed by atoms with van der Waals surface area (Å²) in [6.45, 7) is 8.00. The molecule has 0 radical (unpaired) electrons. The number of carboxylic acid groups (broad SMARTS) is 1. The van der Waals surface area contributed by atoms with E-state index in [1.165, 1.54) is 0 Å². The van der Waals surface area contributed by atoms with Crippen molar-refractivity contribution in [3.63, 3.8) is 0 Å². The lowest BCUT2D eigenvalue weighted by Gasteiger charge is -2.19. The number of hydrogen-bond acceptors (Lipinski definition) is 4. The molecule has 41 heavy (non-hydrogen) atoms. The number of nitrogens with zero attached hydrogens (tertiary/aromatic N) is 4. The Morgan fingerprint density at radius 3 is 2.54 bits per heavy atom. The minimum atomic E-state index is -0.838. The number of anilines is 1. The average molecular weight is 556 g/mol. The van der Waals surface area contributed by atoms with E-state index in [1.807, 2.05) is 83.7 Å². The molecular formula is C32H37N5O4. The number of amides is 2. The molecule has 0 saturated carbocycles. The molecular weight excluding hydrogens is 518 g/mol. The van der Waals surface area contributed by atoms with Gasteiger partial charge in [0, 0.05) is 54.1 Å². The molecule has 0 bridgehead atoms. The van der Waals surface area contributed by atoms with E-state index in [4.69, 9.17) is 5.11 Å². The Morgan fingerprint density at radius 1 is 1.05 bits per heavy atom. The summed E-state index contributed by atoms with van der Waals surface area (Å²) < 4.78 is 3.80. The van der Waals surface area contributed by atoms with E-state index >= 15 is 0 Å². The number of carbonyl (C=O) groups is 3. The maximum atomic E-state index is 13.6. The summed E-state index contributed by atoms with van der Waals surface area (Å²) >= 11 is 0. The minimum Gasteiger partial charge on any atom is -0.481 e. The summed E-state index contributed by atoms with van der Waals surface area (Å²) in [6, 6.07) is 11.1. The first-order valence-corrected chi connectivity index (χ1v) is 14.2. The van der Waals surface area contributed by atoms with Gasteiger partial charge in [-0.1, -0.05) is 12.1 Å². The van der Waals surface area contributed by atoms with Crippen LogP contribution in [0.3, 0.4) is 0 Å². The molecule has 1 saturated heterocycles. The number of aromatic nitrogens is 3. The molecule has 2 amide bonds. The van der Waals surface area contributed by atoms with Gasteiger partial charge in [-0.3, -0.25) is 19.1 Å². The van der Waals surface area contributed by atoms with Crippen LogP contribution < -0.4 is 5.32 Å². The maximum Gasteiger partial charge on any atom is 0.303 e. The van der Waals surface area contributed by atoms with E-state index < -0.39 is 12.0 Å². The van der Waals surface area contributed by atoms with E-state index in [0.717, 1.165) is 59.1 Å². The third-order valence-electron chi connectivity index (χ3n) is 7.85. The number of aliphatic carboxylic acids is 1. The van der Waals surface area contributed by atoms with Crippen molar-refractivity contribution in [3.05, 3.63) is 82.8 Å². The van der Waals surface area contributed by atoms with E-state index in [-0.39, 0.29) is 18.2 Å². The summed E-state index contributed by atoms with van der Waals surface area (Å²) in [6.07, 6.45) is 8.90. The first-order valence-electron chi connectivity index (χ1n) is 14.2. The summed E-state index contributed by atoms with van der Waals surface area (Å²) in [5, 5.41) is 17.6. The third-order valence-corrected chi connectivity index (χ3v) is 7.85. The highest BCUT2D eigenvalue weighted by atomic mass is 16.4. The lowest BCUT2D eigenvalue weighted by atomic mass is 10.0. The van der Waals surface area contributed by atoms with Crippen LogP contribution in [0.2, 0.25) is 0 Å². The van der Waals surface area contributed by atoms with Gasteiger partial charge >= 0.3 is 5.97 Å². The van der Waals surface area contributed by atoms with Crippen molar-refractivity contribution in [1.82, 2.24) is 19.2 Å². The molecule has 4 aromatic rings. The minimum absolute atomic E-state index is 0.0583. The normalized spacial score (nSPS) is 14.0. The zero-order valence-electron chi connectivity index (χ0n) is 23.9. The van der Waals surface area contributed by atoms with Crippen molar-refractivity contribution >= 4 is 34.4 Å². The molecule has 5 rings (SSSR count). The van der Waals surface area contributed by atoms with Crippen LogP contribution in [0.1, 0.15) is 71.3 Å². The highest BCUT2D eigenvalue weighted by Gasteiger charge is 2.23. The molecule has 9 nitrogen and oxygen atoms in total. The molecule has 2 aromatic carbocycles. The molecule has 1 fully saturated rings. The molecule has 1 aliphatic rings. The van der Waals surface area contributed by atoms with Gasteiger partial charge in [0.15, 0.2) is 0 Å². The van der Waals surface area contributed by atoms with Crippen molar-refractivity contribution in [2.24, 2.45) is 0 Å². The van der Waals surface area contributed by atoms with Gasteiger partial charge in [0.2, 0.25) is 5.91 Å². The zero-order valence-corrected chi connectivity index (χ0v) is 23.9. The lowest BCUT2D eigenvalue weighted by Crippen LogP contribution is -2.27. The van der Waals surface area contributed by atoms with Crippen molar-refractivity contribution in [3.8, 4) is 0 Å². The molecule has 0 aliphatic carbocycles. The molecule has 214 valence electrons. The molecule has 3 heterocycles. The van der Waals surface area contributed by atoms with Crippen LogP contribution in [0.25, 0.3) is 10.9 Å². The van der Waals surface area contributed by atoms with Gasteiger partial charge in [0.05, 0.1) is 12.7 Å². The number of nitrogens with one attached hydrogen (secondary N) is 1. The monoisotopic (exact) mass is 555 g/mol. The third kappa shape index (κ3) is 6.34. The number of carboxylic acids is 1. The Bertz CT molecular complexity index is 1590. The second-order valence-corrected chi connectivity index (χ2v) is 11.1. The highest BCUT2D eigenvalue weighted by molar-refractivity contribution is 6.00. The molecule has 0 spiro atoms. The van der Waals surface area contributed by atoms with Crippen molar-refractivity contribution in [2.45, 2.75) is 65.5 Å². The number of benzene rings is 2. The predicted octanol–water partition coefficient (Wildman–Crippen LogP) is 5.35. The Kier molecular flexibility index (Phi) is 8.23. The van der Waals surface area contributed by atoms with Crippen LogP contribution in [0, 0.1) is 13.8 Å². The standard InChI is InChI=1S/C32H37N5O4/c1-21-17-33-36(18-21)20-24-9-10-25(7-6-8-30(38)39)28(15-24)34-31(40)23(3)37-19-22(2)27-16-26(11-12-29(27)37)32(41)35-13-4-5-14-35/h9-12,15-19,23H,4-8,13-14,20H2,1-3H3,(H,34,40)(H,38,39)/t23-/m1/s1. The summed E-state index contributed by atoms with van der Waals surface area (Å²) in [7, 11) is 0. The average Bonchev–Trinajstić information content (AvgIpc) is 3.70. The van der Waals surface area contributed by atoms with Crippen LogP contribution in [0.4, 0.5) is 5.69 Å². The fourth-order valence-corrected chi connectivity index (χ4v) is 5.57. The van der Waals surface area contributed by atoms with Gasteiger partial charge in [-0.15, -0.1) is 0 Å². The number of fused-ring (bicyclic) bond motifs is 1. The van der Waals surface area contributed by atoms with Crippen molar-refractivity contribution < 1.29 is 19.5 Å². The first kappa shape index (κ1) is 28.1. The SMILES string of the molecule is Cc1cnn(Cc2ccc(CCCC(=O)O)c(NC(=O)[C@@H](C)n3cc(C)c4cc(C(=O)N5CCCC5)ccc43)c2)c1. The van der Waals surface area contributed by atoms with Gasteiger partial charge in [-0.2, -0.15) is 5.10 Å². The zero-order chi connectivity index (χ0) is 29.1. The molecule has 9 heteroatoms. The van der Waals surface area contributed by atoms with Crippen LogP contribution in [0.5, 0.6) is 0 Å². The van der Waals surface area contributed by atoms with Crippen molar-refractivity contribution in [1.29, 1.82) is 0 Å². The van der Waals surface area contributed by atoms with Crippen molar-refractivity contribution in [2.75, 3.05) is 18.4 Å². The summed E-state index contributed by atoms with van der Waals surface area (Å²) in [5.41, 5.74) is 6.20. The molecule has 0 unspecified atom stereocenters. The Hall–Kier alpha value is -4.40. The van der Waals surface area contributed by atoms with E-state index in [9.17, 15) is 14.4 Å². The molecule has 1 aliphatic heterocycles. The van der Waals surface area contributed by atoms with Gasteiger partial charge in [0.25, 0.3) is 5.91 Å². The van der Waals surface area contributed by atoms with Crippen LogP contribution in [-0.2, 0) is 22.6 Å². The number of aryl methyl sites for hydroxylation is 3. The molecule has 1 atom stereocenters. The quantitative estimate of drug-likeness (QED) is 0.274. The fourth-order valence-electron chi connectivity index (χ4n) is 5.57. The van der Waals surface area contributed by atoms with Gasteiger partial charge in [-0.05, 0) is 93.0 Å². The Morgan fingerprint density at radius 2 is 1.83 bits per heavy atom. The summed E-state index contributed by atoms with van der Waals surface area (Å²) in [4.78, 5) is 39.6. The number of likely N-dealkylation sites (tertiary alicyclic amines) is 1. The highest BCUT2D eigenvalue weighted by Crippen LogP contribution is 2.28. The van der Waals surface area contributed by atoms with Gasteiger partial charge < -0.3 is 19.9 Å². The van der Waals surface area contributed by atoms with E-state index in [2.05, 4.69) is 10.4 Å². The first-order chi connectivity index (χ1) is 19.7. The summed E-state index contributed by atoms with van der Waals surface area (Å²) in [5.74, 6) is -0.955. The predicted molar refractivity (Wildman–Crippen MR) is 158 cm³/mol. The largest absolute Gasteiger partial charge is 0.481 e. The number of carbonyl (C=O) groups excluding carboxylic acids is 2. The second-order valence-electron chi connectivity index (χ2n) is 11.1. The maximum absolute atomic E-state index is 13.6. The smallest absolute Gasteiger partial charge is 0.303 e. The molecule has 2 aromatic heterocycles. The van der Waals surface area contributed by atoms with Crippen LogP contribution in [-0.4, -0.2) is 55.2 Å². The second kappa shape index (κ2) is 12.0. The Labute approximate surface area is 239 Å². The topological polar surface area (TPSA) is 109 Å². The molecule has 2 N–H and O–H groups in total. The van der Waals surface area contributed by atoms with Gasteiger partial charge in [-0.25, -0.2) is 0 Å². The van der Waals surface area contributed by atoms with E-state index in [1.54, 1.807) is 6.20 Å². The fraction of sp³-hybridized carbons (Fsp3) is 0.375. The number of hydrogen-bond donors (Lipinski definition) is 2. The van der Waals surface area contributed by atoms with Gasteiger partial charge in [0.1, 0.15) is 6.04 Å². The Balaban J connectivity index is 1.38. The number of rotatable bonds is 10. The van der Waals surface area contributed by atoms with E-state index in [0.29, 0.717) is 30.6 Å².